The molecule has 1 saturated carbocycles. The van der Waals surface area contributed by atoms with Crippen molar-refractivity contribution in [1.29, 1.82) is 5.26 Å². The molecule has 28 heavy (non-hydrogen) atoms. The topological polar surface area (TPSA) is 111 Å². The predicted molar refractivity (Wildman–Crippen MR) is 105 cm³/mol. The van der Waals surface area contributed by atoms with Crippen molar-refractivity contribution in [2.45, 2.75) is 25.8 Å². The summed E-state index contributed by atoms with van der Waals surface area (Å²) in [5, 5.41) is 15.2. The summed E-state index contributed by atoms with van der Waals surface area (Å²) in [7, 11) is 3.36. The normalized spacial score (nSPS) is 13.9. The van der Waals surface area contributed by atoms with Crippen LogP contribution in [0.4, 0.5) is 11.5 Å². The number of carbonyl (C=O) groups excluding carboxylic acids is 2. The van der Waals surface area contributed by atoms with Crippen LogP contribution in [0, 0.1) is 17.2 Å². The fourth-order valence-corrected chi connectivity index (χ4v) is 2.72. The zero-order chi connectivity index (χ0) is 20.3. The fourth-order valence-electron chi connectivity index (χ4n) is 2.72. The van der Waals surface area contributed by atoms with E-state index in [1.807, 2.05) is 0 Å². The van der Waals surface area contributed by atoms with Gasteiger partial charge in [0.25, 0.3) is 0 Å². The van der Waals surface area contributed by atoms with Gasteiger partial charge in [-0.15, -0.1) is 0 Å². The third kappa shape index (κ3) is 4.43. The van der Waals surface area contributed by atoms with Crippen LogP contribution in [-0.2, 0) is 9.59 Å². The summed E-state index contributed by atoms with van der Waals surface area (Å²) < 4.78 is 0. The van der Waals surface area contributed by atoms with Gasteiger partial charge in [0.05, 0.1) is 29.3 Å². The van der Waals surface area contributed by atoms with E-state index in [9.17, 15) is 14.9 Å². The van der Waals surface area contributed by atoms with E-state index in [1.54, 1.807) is 45.4 Å². The fraction of sp³-hybridized carbons (Fsp3) is 0.350. The Labute approximate surface area is 163 Å². The number of nitrogens with one attached hydrogen (secondary N) is 2. The summed E-state index contributed by atoms with van der Waals surface area (Å²) in [5.41, 5.74) is 2.33. The van der Waals surface area contributed by atoms with Crippen molar-refractivity contribution in [3.05, 3.63) is 36.2 Å². The van der Waals surface area contributed by atoms with Gasteiger partial charge < -0.3 is 15.5 Å². The van der Waals surface area contributed by atoms with Crippen molar-refractivity contribution in [3.63, 3.8) is 0 Å². The van der Waals surface area contributed by atoms with E-state index in [2.05, 4.69) is 26.7 Å². The summed E-state index contributed by atoms with van der Waals surface area (Å²) in [5.74, 6) is 0.398. The molecular weight excluding hydrogens is 356 g/mol. The maximum atomic E-state index is 12.1. The predicted octanol–water partition coefficient (Wildman–Crippen LogP) is 2.25. The first-order chi connectivity index (χ1) is 13.4. The molecule has 1 aromatic heterocycles. The average Bonchev–Trinajstić information content (AvgIpc) is 3.53. The molecule has 2 aromatic rings. The van der Waals surface area contributed by atoms with Gasteiger partial charge in [-0.1, -0.05) is 6.07 Å². The van der Waals surface area contributed by atoms with Crippen molar-refractivity contribution in [1.82, 2.24) is 14.9 Å². The maximum absolute atomic E-state index is 12.1. The Bertz CT molecular complexity index is 929. The number of hydrogen-bond donors (Lipinski definition) is 2. The van der Waals surface area contributed by atoms with E-state index in [-0.39, 0.29) is 17.7 Å². The van der Waals surface area contributed by atoms with Crippen molar-refractivity contribution < 1.29 is 9.59 Å². The summed E-state index contributed by atoms with van der Waals surface area (Å²) in [6.07, 6.45) is 4.93. The smallest absolute Gasteiger partial charge is 0.244 e. The zero-order valence-electron chi connectivity index (χ0n) is 16.1. The molecule has 1 fully saturated rings. The summed E-state index contributed by atoms with van der Waals surface area (Å²) in [6.45, 7) is 1.74. The largest absolute Gasteiger partial charge is 0.373 e. The molecule has 2 N–H and O–H groups in total. The minimum Gasteiger partial charge on any atom is -0.373 e. The molecule has 0 spiro atoms. The second-order valence-corrected chi connectivity index (χ2v) is 7.02. The lowest BCUT2D eigenvalue weighted by Gasteiger charge is -2.20. The van der Waals surface area contributed by atoms with Gasteiger partial charge in [-0.2, -0.15) is 5.26 Å². The highest BCUT2D eigenvalue weighted by atomic mass is 16.2. The number of nitriles is 1. The molecule has 8 nitrogen and oxygen atoms in total. The second-order valence-electron chi connectivity index (χ2n) is 7.02. The quantitative estimate of drug-likeness (QED) is 0.797. The molecule has 1 aliphatic carbocycles. The molecule has 0 radical (unpaired) electrons. The van der Waals surface area contributed by atoms with Gasteiger partial charge in [-0.3, -0.25) is 14.6 Å². The number of nitrogens with zero attached hydrogens (tertiary/aromatic N) is 4. The zero-order valence-corrected chi connectivity index (χ0v) is 16.1. The van der Waals surface area contributed by atoms with E-state index >= 15 is 0 Å². The minimum atomic E-state index is -0.483. The first-order valence-corrected chi connectivity index (χ1v) is 9.04. The van der Waals surface area contributed by atoms with Gasteiger partial charge in [-0.05, 0) is 31.9 Å². The van der Waals surface area contributed by atoms with E-state index in [0.29, 0.717) is 22.8 Å². The molecule has 2 amide bonds. The Kier molecular flexibility index (Phi) is 5.54. The monoisotopic (exact) mass is 378 g/mol. The summed E-state index contributed by atoms with van der Waals surface area (Å²) >= 11 is 0. The lowest BCUT2D eigenvalue weighted by Crippen LogP contribution is -2.36. The van der Waals surface area contributed by atoms with Gasteiger partial charge in [0.15, 0.2) is 5.82 Å². The minimum absolute atomic E-state index is 0.0218. The van der Waals surface area contributed by atoms with Crippen LogP contribution in [0.2, 0.25) is 0 Å². The van der Waals surface area contributed by atoms with Gasteiger partial charge in [-0.25, -0.2) is 4.98 Å². The standard InChI is InChI=1S/C20H22N6O2/c1-12(20(28)26(2)3)24-16-8-14(6-7-15(16)9-21)17-10-23-18(11-22-17)25-19(27)13-4-5-13/h6-8,10-13,24H,4-5H2,1-3H3,(H,23,25,27)/t12-/m0/s1. The van der Waals surface area contributed by atoms with Crippen LogP contribution >= 0.6 is 0 Å². The highest BCUT2D eigenvalue weighted by Gasteiger charge is 2.29. The molecule has 144 valence electrons. The molecule has 0 bridgehead atoms. The molecule has 0 saturated heterocycles. The highest BCUT2D eigenvalue weighted by Crippen LogP contribution is 2.30. The number of amides is 2. The molecule has 3 rings (SSSR count). The molecule has 1 aliphatic rings. The van der Waals surface area contributed by atoms with Gasteiger partial charge in [0.1, 0.15) is 12.1 Å². The summed E-state index contributed by atoms with van der Waals surface area (Å²) in [6, 6.07) is 6.86. The Morgan fingerprint density at radius 3 is 2.57 bits per heavy atom. The Morgan fingerprint density at radius 2 is 2.00 bits per heavy atom. The molecule has 0 aliphatic heterocycles. The summed E-state index contributed by atoms with van der Waals surface area (Å²) in [4.78, 5) is 34.0. The molecule has 0 unspecified atom stereocenters. The first kappa shape index (κ1) is 19.3. The maximum Gasteiger partial charge on any atom is 0.244 e. The number of aromatic nitrogens is 2. The number of anilines is 2. The Balaban J connectivity index is 1.79. The van der Waals surface area contributed by atoms with E-state index in [4.69, 9.17) is 0 Å². The van der Waals surface area contributed by atoms with Crippen LogP contribution in [0.5, 0.6) is 0 Å². The molecular formula is C20H22N6O2. The number of rotatable bonds is 6. The molecule has 8 heteroatoms. The SMILES string of the molecule is C[C@H](Nc1cc(-c2cnc(NC(=O)C3CC3)cn2)ccc1C#N)C(=O)N(C)C. The Morgan fingerprint density at radius 1 is 1.25 bits per heavy atom. The van der Waals surface area contributed by atoms with Crippen LogP contribution in [-0.4, -0.2) is 46.8 Å². The number of likely N-dealkylation sites (N-methyl/N-ethyl adjacent to an activating group) is 1. The molecule has 1 heterocycles. The van der Waals surface area contributed by atoms with Crippen LogP contribution in [0.1, 0.15) is 25.3 Å². The van der Waals surface area contributed by atoms with Crippen LogP contribution in [0.3, 0.4) is 0 Å². The van der Waals surface area contributed by atoms with Crippen molar-refractivity contribution >= 4 is 23.3 Å². The van der Waals surface area contributed by atoms with Crippen LogP contribution < -0.4 is 10.6 Å². The van der Waals surface area contributed by atoms with Gasteiger partial charge in [0, 0.05) is 25.6 Å². The van der Waals surface area contributed by atoms with Crippen LogP contribution in [0.25, 0.3) is 11.3 Å². The number of benzene rings is 1. The number of carbonyl (C=O) groups is 2. The van der Waals surface area contributed by atoms with Gasteiger partial charge >= 0.3 is 0 Å². The van der Waals surface area contributed by atoms with Crippen molar-refractivity contribution in [2.75, 3.05) is 24.7 Å². The van der Waals surface area contributed by atoms with Crippen molar-refractivity contribution in [3.8, 4) is 17.3 Å². The van der Waals surface area contributed by atoms with E-state index in [0.717, 1.165) is 18.4 Å². The lowest BCUT2D eigenvalue weighted by atomic mass is 10.1. The first-order valence-electron chi connectivity index (χ1n) is 9.04. The van der Waals surface area contributed by atoms with Gasteiger partial charge in [0.2, 0.25) is 11.8 Å². The van der Waals surface area contributed by atoms with Crippen LogP contribution in [0.15, 0.2) is 30.6 Å². The van der Waals surface area contributed by atoms with Crippen molar-refractivity contribution in [2.24, 2.45) is 5.92 Å². The highest BCUT2D eigenvalue weighted by molar-refractivity contribution is 5.93. The third-order valence-corrected chi connectivity index (χ3v) is 4.47. The third-order valence-electron chi connectivity index (χ3n) is 4.47. The average molecular weight is 378 g/mol. The lowest BCUT2D eigenvalue weighted by molar-refractivity contribution is -0.129. The Hall–Kier alpha value is -3.47. The second kappa shape index (κ2) is 8.05. The molecule has 1 atom stereocenters. The van der Waals surface area contributed by atoms with E-state index < -0.39 is 6.04 Å². The molecule has 1 aromatic carbocycles. The number of hydrogen-bond acceptors (Lipinski definition) is 6. The van der Waals surface area contributed by atoms with E-state index in [1.165, 1.54) is 11.1 Å².